The van der Waals surface area contributed by atoms with Crippen molar-refractivity contribution in [1.82, 2.24) is 9.80 Å². The summed E-state index contributed by atoms with van der Waals surface area (Å²) in [6, 6.07) is 17.0. The van der Waals surface area contributed by atoms with Gasteiger partial charge in [0.05, 0.1) is 0 Å². The minimum atomic E-state index is -0.493. The number of rotatable bonds is 5. The summed E-state index contributed by atoms with van der Waals surface area (Å²) in [5.74, 6) is 0.109. The topological polar surface area (TPSA) is 49.9 Å². The molecule has 2 amide bonds. The maximum absolute atomic E-state index is 13.5. The summed E-state index contributed by atoms with van der Waals surface area (Å²) in [4.78, 5) is 31.0. The molecule has 1 aliphatic heterocycles. The molecule has 0 spiro atoms. The third-order valence-electron chi connectivity index (χ3n) is 6.24. The Morgan fingerprint density at radius 3 is 1.88 bits per heavy atom. The number of hydrogen-bond acceptors (Lipinski definition) is 4. The summed E-state index contributed by atoms with van der Waals surface area (Å²) in [6.07, 6.45) is 5.53. The van der Waals surface area contributed by atoms with Crippen LogP contribution in [0.25, 0.3) is 11.1 Å². The number of piperidine rings is 1. The minimum Gasteiger partial charge on any atom is -0.444 e. The van der Waals surface area contributed by atoms with Crippen LogP contribution in [0.15, 0.2) is 53.4 Å². The van der Waals surface area contributed by atoms with Gasteiger partial charge in [-0.2, -0.15) is 0 Å². The van der Waals surface area contributed by atoms with E-state index < -0.39 is 5.60 Å². The molecule has 1 saturated carbocycles. The lowest BCUT2D eigenvalue weighted by molar-refractivity contribution is 0.0142. The van der Waals surface area contributed by atoms with E-state index in [4.69, 9.17) is 4.74 Å². The fourth-order valence-electron chi connectivity index (χ4n) is 4.37. The van der Waals surface area contributed by atoms with Crippen molar-refractivity contribution in [3.63, 3.8) is 0 Å². The van der Waals surface area contributed by atoms with Crippen LogP contribution in [0.1, 0.15) is 56.8 Å². The number of nitrogens with zero attached hydrogens (tertiary/aromatic N) is 2. The molecule has 0 bridgehead atoms. The third-order valence-corrected chi connectivity index (χ3v) is 6.98. The van der Waals surface area contributed by atoms with Gasteiger partial charge in [0, 0.05) is 35.6 Å². The zero-order valence-corrected chi connectivity index (χ0v) is 20.9. The van der Waals surface area contributed by atoms with Crippen LogP contribution in [0.5, 0.6) is 0 Å². The number of amides is 2. The summed E-state index contributed by atoms with van der Waals surface area (Å²) in [6.45, 7) is 6.91. The first-order chi connectivity index (χ1) is 15.7. The van der Waals surface area contributed by atoms with Crippen LogP contribution in [-0.4, -0.2) is 58.8 Å². The molecule has 0 unspecified atom stereocenters. The van der Waals surface area contributed by atoms with Crippen LogP contribution in [0.4, 0.5) is 4.79 Å². The van der Waals surface area contributed by atoms with Crippen LogP contribution in [0.2, 0.25) is 0 Å². The van der Waals surface area contributed by atoms with Gasteiger partial charge in [-0.1, -0.05) is 24.3 Å². The van der Waals surface area contributed by atoms with E-state index in [9.17, 15) is 9.59 Å². The highest BCUT2D eigenvalue weighted by atomic mass is 32.2. The number of likely N-dealkylation sites (tertiary alicyclic amines) is 1. The predicted molar refractivity (Wildman–Crippen MR) is 134 cm³/mol. The predicted octanol–water partition coefficient (Wildman–Crippen LogP) is 6.08. The van der Waals surface area contributed by atoms with Gasteiger partial charge in [0.1, 0.15) is 5.60 Å². The van der Waals surface area contributed by atoms with Crippen LogP contribution in [0.3, 0.4) is 0 Å². The van der Waals surface area contributed by atoms with Gasteiger partial charge in [-0.3, -0.25) is 4.79 Å². The zero-order valence-electron chi connectivity index (χ0n) is 20.0. The normalized spacial score (nSPS) is 17.0. The van der Waals surface area contributed by atoms with Gasteiger partial charge in [0.2, 0.25) is 0 Å². The highest BCUT2D eigenvalue weighted by Crippen LogP contribution is 2.34. The summed E-state index contributed by atoms with van der Waals surface area (Å²) >= 11 is 1.73. The molecule has 0 N–H and O–H groups in total. The monoisotopic (exact) mass is 466 g/mol. The molecule has 0 atom stereocenters. The Morgan fingerprint density at radius 2 is 1.39 bits per heavy atom. The Bertz CT molecular complexity index is 970. The average Bonchev–Trinajstić information content (AvgIpc) is 3.64. The van der Waals surface area contributed by atoms with Gasteiger partial charge in [0.25, 0.3) is 5.91 Å². The van der Waals surface area contributed by atoms with E-state index >= 15 is 0 Å². The number of ether oxygens (including phenoxy) is 1. The van der Waals surface area contributed by atoms with E-state index in [1.165, 1.54) is 4.90 Å². The van der Waals surface area contributed by atoms with Gasteiger partial charge in [-0.25, -0.2) is 4.79 Å². The smallest absolute Gasteiger partial charge is 0.410 e. The van der Waals surface area contributed by atoms with Crippen molar-refractivity contribution in [2.75, 3.05) is 19.3 Å². The minimum absolute atomic E-state index is 0.109. The van der Waals surface area contributed by atoms with Crippen molar-refractivity contribution in [3.05, 3.63) is 54.1 Å². The third kappa shape index (κ3) is 5.91. The van der Waals surface area contributed by atoms with E-state index in [0.29, 0.717) is 19.1 Å². The van der Waals surface area contributed by atoms with Crippen LogP contribution >= 0.6 is 11.8 Å². The molecule has 1 heterocycles. The molecule has 2 aromatic rings. The highest BCUT2D eigenvalue weighted by molar-refractivity contribution is 7.98. The lowest BCUT2D eigenvalue weighted by atomic mass is 10.0. The standard InChI is InChI=1S/C27H34N2O3S/c1-27(2,3)32-26(31)28-17-15-23(16-18-28)29(22-11-12-22)25(30)21-7-5-19(6-8-21)20-9-13-24(33-4)14-10-20/h5-10,13-14,22-23H,11-12,15-18H2,1-4H3. The van der Waals surface area contributed by atoms with Gasteiger partial charge < -0.3 is 14.5 Å². The quantitative estimate of drug-likeness (QED) is 0.501. The van der Waals surface area contributed by atoms with Crippen molar-refractivity contribution < 1.29 is 14.3 Å². The number of carbonyl (C=O) groups excluding carboxylic acids is 2. The SMILES string of the molecule is CSc1ccc(-c2ccc(C(=O)N(C3CC3)C3CCN(C(=O)OC(C)(C)C)CC3)cc2)cc1. The molecule has 1 aliphatic carbocycles. The first-order valence-corrected chi connectivity index (χ1v) is 13.0. The molecular weight excluding hydrogens is 432 g/mol. The number of benzene rings is 2. The molecule has 0 radical (unpaired) electrons. The fraction of sp³-hybridized carbons (Fsp3) is 0.481. The second kappa shape index (κ2) is 9.80. The zero-order chi connectivity index (χ0) is 23.6. The number of thioether (sulfide) groups is 1. The van der Waals surface area contributed by atoms with E-state index in [-0.39, 0.29) is 18.0 Å². The molecule has 6 heteroatoms. The van der Waals surface area contributed by atoms with E-state index in [1.807, 2.05) is 45.0 Å². The molecule has 33 heavy (non-hydrogen) atoms. The van der Waals surface area contributed by atoms with Crippen molar-refractivity contribution in [2.24, 2.45) is 0 Å². The first kappa shape index (κ1) is 23.7. The molecule has 1 saturated heterocycles. The van der Waals surface area contributed by atoms with Gasteiger partial charge in [0.15, 0.2) is 0 Å². The Morgan fingerprint density at radius 1 is 0.879 bits per heavy atom. The van der Waals surface area contributed by atoms with Crippen LogP contribution in [-0.2, 0) is 4.74 Å². The van der Waals surface area contributed by atoms with E-state index in [0.717, 1.165) is 42.4 Å². The first-order valence-electron chi connectivity index (χ1n) is 11.8. The second-order valence-electron chi connectivity index (χ2n) is 9.95. The molecule has 2 fully saturated rings. The molecule has 176 valence electrons. The summed E-state index contributed by atoms with van der Waals surface area (Å²) in [7, 11) is 0. The largest absolute Gasteiger partial charge is 0.444 e. The van der Waals surface area contributed by atoms with Gasteiger partial charge >= 0.3 is 6.09 Å². The van der Waals surface area contributed by atoms with Crippen molar-refractivity contribution in [3.8, 4) is 11.1 Å². The van der Waals surface area contributed by atoms with Crippen molar-refractivity contribution in [2.45, 2.75) is 69.0 Å². The molecule has 2 aliphatic rings. The average molecular weight is 467 g/mol. The molecule has 4 rings (SSSR count). The molecular formula is C27H34N2O3S. The van der Waals surface area contributed by atoms with Gasteiger partial charge in [-0.05, 0) is 88.1 Å². The maximum atomic E-state index is 13.5. The maximum Gasteiger partial charge on any atom is 0.410 e. The van der Waals surface area contributed by atoms with Crippen molar-refractivity contribution in [1.29, 1.82) is 0 Å². The summed E-state index contributed by atoms with van der Waals surface area (Å²) in [5, 5.41) is 0. The molecule has 0 aromatic heterocycles. The summed E-state index contributed by atoms with van der Waals surface area (Å²) in [5.41, 5.74) is 2.51. The lowest BCUT2D eigenvalue weighted by Crippen LogP contribution is -2.50. The summed E-state index contributed by atoms with van der Waals surface area (Å²) < 4.78 is 5.52. The molecule has 5 nitrogen and oxygen atoms in total. The lowest BCUT2D eigenvalue weighted by Gasteiger charge is -2.39. The van der Waals surface area contributed by atoms with E-state index in [2.05, 4.69) is 35.4 Å². The van der Waals surface area contributed by atoms with Crippen LogP contribution in [0, 0.1) is 0 Å². The molecule has 2 aromatic carbocycles. The second-order valence-corrected chi connectivity index (χ2v) is 10.8. The number of hydrogen-bond donors (Lipinski definition) is 0. The Labute approximate surface area is 201 Å². The van der Waals surface area contributed by atoms with E-state index in [1.54, 1.807) is 16.7 Å². The Kier molecular flexibility index (Phi) is 7.03. The Balaban J connectivity index is 1.41. The van der Waals surface area contributed by atoms with Gasteiger partial charge in [-0.15, -0.1) is 11.8 Å². The number of carbonyl (C=O) groups is 2. The Hall–Kier alpha value is -2.47. The highest BCUT2D eigenvalue weighted by Gasteiger charge is 2.39. The van der Waals surface area contributed by atoms with Crippen molar-refractivity contribution >= 4 is 23.8 Å². The van der Waals surface area contributed by atoms with Crippen LogP contribution < -0.4 is 0 Å². The fourth-order valence-corrected chi connectivity index (χ4v) is 4.78.